The molecule has 1 aromatic carbocycles. The summed E-state index contributed by atoms with van der Waals surface area (Å²) in [5, 5.41) is 3.70. The van der Waals surface area contributed by atoms with E-state index < -0.39 is 0 Å². The van der Waals surface area contributed by atoms with Crippen LogP contribution in [-0.2, 0) is 6.42 Å². The fourth-order valence-corrected chi connectivity index (χ4v) is 3.55. The molecule has 0 saturated carbocycles. The lowest BCUT2D eigenvalue weighted by molar-refractivity contribution is 0.158. The standard InChI is InChI=1S/C18H30N2O/c1-6-19-18-16-11-15(21-5)9-7-14(16)8-10-17(18)20(4)12-13(2)3/h7,9,11,13,17-19H,6,8,10,12H2,1-5H3. The van der Waals surface area contributed by atoms with Gasteiger partial charge in [-0.2, -0.15) is 0 Å². The highest BCUT2D eigenvalue weighted by Crippen LogP contribution is 2.35. The van der Waals surface area contributed by atoms with Crippen LogP contribution in [0.3, 0.4) is 0 Å². The summed E-state index contributed by atoms with van der Waals surface area (Å²) in [5.74, 6) is 1.66. The molecule has 1 aromatic rings. The van der Waals surface area contributed by atoms with Crippen LogP contribution >= 0.6 is 0 Å². The van der Waals surface area contributed by atoms with Crippen molar-refractivity contribution in [3.05, 3.63) is 29.3 Å². The fourth-order valence-electron chi connectivity index (χ4n) is 3.55. The maximum Gasteiger partial charge on any atom is 0.119 e. The Labute approximate surface area is 129 Å². The number of aryl methyl sites for hydroxylation is 1. The third-order valence-electron chi connectivity index (χ3n) is 4.43. The van der Waals surface area contributed by atoms with Crippen molar-refractivity contribution in [2.75, 3.05) is 27.2 Å². The molecule has 0 amide bonds. The van der Waals surface area contributed by atoms with Crippen molar-refractivity contribution in [3.8, 4) is 5.75 Å². The molecule has 0 spiro atoms. The SMILES string of the molecule is CCNC1c2cc(OC)ccc2CCC1N(C)CC(C)C. The van der Waals surface area contributed by atoms with Crippen LogP contribution in [0.4, 0.5) is 0 Å². The predicted octanol–water partition coefficient (Wildman–Crippen LogP) is 3.25. The van der Waals surface area contributed by atoms with Gasteiger partial charge >= 0.3 is 0 Å². The Morgan fingerprint density at radius 2 is 2.14 bits per heavy atom. The summed E-state index contributed by atoms with van der Waals surface area (Å²) in [6.45, 7) is 8.91. The van der Waals surface area contributed by atoms with Gasteiger partial charge in [0, 0.05) is 18.6 Å². The second kappa shape index (κ2) is 7.28. The second-order valence-corrected chi connectivity index (χ2v) is 6.54. The second-order valence-electron chi connectivity index (χ2n) is 6.54. The maximum atomic E-state index is 5.43. The first-order valence-electron chi connectivity index (χ1n) is 8.17. The van der Waals surface area contributed by atoms with Crippen molar-refractivity contribution in [3.63, 3.8) is 0 Å². The fraction of sp³-hybridized carbons (Fsp3) is 0.667. The van der Waals surface area contributed by atoms with E-state index in [-0.39, 0.29) is 0 Å². The van der Waals surface area contributed by atoms with E-state index >= 15 is 0 Å². The normalized spacial score (nSPS) is 21.7. The van der Waals surface area contributed by atoms with Crippen LogP contribution in [-0.4, -0.2) is 38.2 Å². The number of ether oxygens (including phenoxy) is 1. The molecule has 3 heteroatoms. The average molecular weight is 290 g/mol. The van der Waals surface area contributed by atoms with Crippen LogP contribution in [0.25, 0.3) is 0 Å². The summed E-state index contributed by atoms with van der Waals surface area (Å²) in [7, 11) is 4.01. The van der Waals surface area contributed by atoms with Gasteiger partial charge in [0.1, 0.15) is 5.75 Å². The topological polar surface area (TPSA) is 24.5 Å². The Hall–Kier alpha value is -1.06. The van der Waals surface area contributed by atoms with Gasteiger partial charge in [0.05, 0.1) is 7.11 Å². The minimum absolute atomic E-state index is 0.401. The largest absolute Gasteiger partial charge is 0.497 e. The van der Waals surface area contributed by atoms with Crippen LogP contribution in [0, 0.1) is 5.92 Å². The van der Waals surface area contributed by atoms with Crippen molar-refractivity contribution in [2.24, 2.45) is 5.92 Å². The molecule has 3 nitrogen and oxygen atoms in total. The zero-order valence-electron chi connectivity index (χ0n) is 14.1. The third kappa shape index (κ3) is 3.78. The number of rotatable bonds is 6. The van der Waals surface area contributed by atoms with Gasteiger partial charge < -0.3 is 15.0 Å². The van der Waals surface area contributed by atoms with Crippen LogP contribution in [0.15, 0.2) is 18.2 Å². The minimum atomic E-state index is 0.401. The highest BCUT2D eigenvalue weighted by atomic mass is 16.5. The van der Waals surface area contributed by atoms with E-state index in [1.54, 1.807) is 7.11 Å². The smallest absolute Gasteiger partial charge is 0.119 e. The molecule has 1 aliphatic carbocycles. The molecule has 0 bridgehead atoms. The molecule has 0 fully saturated rings. The average Bonchev–Trinajstić information content (AvgIpc) is 2.46. The number of likely N-dealkylation sites (N-methyl/N-ethyl adjacent to an activating group) is 2. The summed E-state index contributed by atoms with van der Waals surface area (Å²) in [5.41, 5.74) is 2.89. The molecule has 118 valence electrons. The van der Waals surface area contributed by atoms with E-state index in [2.05, 4.69) is 56.2 Å². The van der Waals surface area contributed by atoms with Gasteiger partial charge in [-0.25, -0.2) is 0 Å². The number of fused-ring (bicyclic) bond motifs is 1. The van der Waals surface area contributed by atoms with Crippen LogP contribution in [0.2, 0.25) is 0 Å². The Bertz CT molecular complexity index is 459. The molecule has 0 radical (unpaired) electrons. The van der Waals surface area contributed by atoms with Crippen molar-refractivity contribution < 1.29 is 4.74 Å². The Morgan fingerprint density at radius 1 is 1.38 bits per heavy atom. The van der Waals surface area contributed by atoms with E-state index in [0.29, 0.717) is 18.0 Å². The predicted molar refractivity (Wildman–Crippen MR) is 89.0 cm³/mol. The summed E-state index contributed by atoms with van der Waals surface area (Å²) in [6.07, 6.45) is 2.38. The first-order valence-corrected chi connectivity index (χ1v) is 8.17. The van der Waals surface area contributed by atoms with Gasteiger partial charge in [0.15, 0.2) is 0 Å². The number of hydrogen-bond donors (Lipinski definition) is 1. The van der Waals surface area contributed by atoms with E-state index in [4.69, 9.17) is 4.74 Å². The maximum absolute atomic E-state index is 5.43. The zero-order chi connectivity index (χ0) is 15.4. The molecule has 0 saturated heterocycles. The molecular weight excluding hydrogens is 260 g/mol. The zero-order valence-corrected chi connectivity index (χ0v) is 14.1. The lowest BCUT2D eigenvalue weighted by Crippen LogP contribution is -2.46. The van der Waals surface area contributed by atoms with Crippen molar-refractivity contribution in [1.82, 2.24) is 10.2 Å². The van der Waals surface area contributed by atoms with Crippen molar-refractivity contribution >= 4 is 0 Å². The summed E-state index contributed by atoms with van der Waals surface area (Å²) in [6, 6.07) is 7.50. The summed E-state index contributed by atoms with van der Waals surface area (Å²) < 4.78 is 5.43. The quantitative estimate of drug-likeness (QED) is 0.870. The van der Waals surface area contributed by atoms with Crippen molar-refractivity contribution in [2.45, 2.75) is 45.7 Å². The highest BCUT2D eigenvalue weighted by molar-refractivity contribution is 5.40. The molecule has 0 heterocycles. The Kier molecular flexibility index (Phi) is 5.65. The minimum Gasteiger partial charge on any atom is -0.497 e. The van der Waals surface area contributed by atoms with Gasteiger partial charge in [-0.15, -0.1) is 0 Å². The number of nitrogens with zero attached hydrogens (tertiary/aromatic N) is 1. The molecule has 2 rings (SSSR count). The van der Waals surface area contributed by atoms with Gasteiger partial charge in [0.25, 0.3) is 0 Å². The van der Waals surface area contributed by atoms with Gasteiger partial charge in [-0.1, -0.05) is 26.8 Å². The van der Waals surface area contributed by atoms with E-state index in [1.807, 2.05) is 0 Å². The monoisotopic (exact) mass is 290 g/mol. The number of benzene rings is 1. The summed E-state index contributed by atoms with van der Waals surface area (Å²) >= 11 is 0. The molecule has 1 aliphatic rings. The van der Waals surface area contributed by atoms with Gasteiger partial charge in [-0.3, -0.25) is 0 Å². The van der Waals surface area contributed by atoms with Crippen LogP contribution in [0.5, 0.6) is 5.75 Å². The number of nitrogens with one attached hydrogen (secondary N) is 1. The lowest BCUT2D eigenvalue weighted by Gasteiger charge is -2.40. The van der Waals surface area contributed by atoms with Crippen LogP contribution in [0.1, 0.15) is 44.4 Å². The van der Waals surface area contributed by atoms with Gasteiger partial charge in [0.2, 0.25) is 0 Å². The van der Waals surface area contributed by atoms with E-state index in [9.17, 15) is 0 Å². The first kappa shape index (κ1) is 16.3. The molecule has 0 aliphatic heterocycles. The van der Waals surface area contributed by atoms with Gasteiger partial charge in [-0.05, 0) is 55.6 Å². The number of hydrogen-bond acceptors (Lipinski definition) is 3. The molecule has 2 unspecified atom stereocenters. The molecular formula is C18H30N2O. The first-order chi connectivity index (χ1) is 10.1. The molecule has 2 atom stereocenters. The lowest BCUT2D eigenvalue weighted by atomic mass is 9.83. The molecule has 0 aromatic heterocycles. The van der Waals surface area contributed by atoms with E-state index in [1.165, 1.54) is 17.5 Å². The highest BCUT2D eigenvalue weighted by Gasteiger charge is 2.32. The molecule has 21 heavy (non-hydrogen) atoms. The van der Waals surface area contributed by atoms with E-state index in [0.717, 1.165) is 25.3 Å². The van der Waals surface area contributed by atoms with Crippen molar-refractivity contribution in [1.29, 1.82) is 0 Å². The Morgan fingerprint density at radius 3 is 2.76 bits per heavy atom. The molecule has 1 N–H and O–H groups in total. The van der Waals surface area contributed by atoms with Crippen LogP contribution < -0.4 is 10.1 Å². The number of methoxy groups -OCH3 is 1. The Balaban J connectivity index is 2.28. The third-order valence-corrected chi connectivity index (χ3v) is 4.43. The summed E-state index contributed by atoms with van der Waals surface area (Å²) in [4.78, 5) is 2.53.